The lowest BCUT2D eigenvalue weighted by Crippen LogP contribution is -2.42. The van der Waals surface area contributed by atoms with E-state index in [0.29, 0.717) is 24.3 Å². The van der Waals surface area contributed by atoms with Crippen molar-refractivity contribution in [3.8, 4) is 0 Å². The minimum atomic E-state index is -0.893. The number of carbonyl (C=O) groups excluding carboxylic acids is 1. The molecule has 0 atom stereocenters. The van der Waals surface area contributed by atoms with Gasteiger partial charge in [-0.3, -0.25) is 9.59 Å². The van der Waals surface area contributed by atoms with Crippen molar-refractivity contribution >= 4 is 11.9 Å². The van der Waals surface area contributed by atoms with E-state index in [1.165, 1.54) is 0 Å². The van der Waals surface area contributed by atoms with Gasteiger partial charge in [-0.25, -0.2) is 0 Å². The third kappa shape index (κ3) is 3.81. The molecule has 6 nitrogen and oxygen atoms in total. The van der Waals surface area contributed by atoms with E-state index >= 15 is 0 Å². The third-order valence-electron chi connectivity index (χ3n) is 3.45. The molecule has 0 aromatic carbocycles. The zero-order valence-corrected chi connectivity index (χ0v) is 11.5. The molecule has 0 saturated carbocycles. The van der Waals surface area contributed by atoms with Crippen molar-refractivity contribution in [1.29, 1.82) is 0 Å². The quantitative estimate of drug-likeness (QED) is 0.782. The van der Waals surface area contributed by atoms with Gasteiger partial charge in [0.25, 0.3) is 0 Å². The van der Waals surface area contributed by atoms with Gasteiger partial charge in [0.15, 0.2) is 0 Å². The van der Waals surface area contributed by atoms with Crippen molar-refractivity contribution in [1.82, 2.24) is 10.5 Å². The van der Waals surface area contributed by atoms with Crippen LogP contribution >= 0.6 is 0 Å². The molecular formula is C13H20N2O4. The molecule has 1 aromatic heterocycles. The number of amides is 1. The van der Waals surface area contributed by atoms with Crippen LogP contribution in [-0.2, 0) is 16.0 Å². The molecule has 0 bridgehead atoms. The second kappa shape index (κ2) is 6.36. The largest absolute Gasteiger partial charge is 0.481 e. The predicted molar refractivity (Wildman–Crippen MR) is 68.6 cm³/mol. The first kappa shape index (κ1) is 15.2. The van der Waals surface area contributed by atoms with E-state index in [9.17, 15) is 14.7 Å². The Kier molecular flexibility index (Phi) is 5.09. The summed E-state index contributed by atoms with van der Waals surface area (Å²) in [5.41, 5.74) is -0.348. The molecule has 0 aliphatic heterocycles. The van der Waals surface area contributed by atoms with Crippen LogP contribution < -0.4 is 5.32 Å². The number of hydrogen-bond acceptors (Lipinski definition) is 4. The standard InChI is InChI=1S/C13H20N2O4/c1-4-13(5-2,12(17)18)8-14-11(16)7-10-6-9(3)19-15-10/h6H,4-5,7-8H2,1-3H3,(H,14,16)(H,17,18). The van der Waals surface area contributed by atoms with Gasteiger partial charge in [0, 0.05) is 12.6 Å². The monoisotopic (exact) mass is 268 g/mol. The van der Waals surface area contributed by atoms with E-state index in [2.05, 4.69) is 10.5 Å². The summed E-state index contributed by atoms with van der Waals surface area (Å²) in [6.07, 6.45) is 1.05. The van der Waals surface area contributed by atoms with E-state index in [1.807, 2.05) is 13.8 Å². The topological polar surface area (TPSA) is 92.4 Å². The second-order valence-electron chi connectivity index (χ2n) is 4.67. The number of hydrogen-bond donors (Lipinski definition) is 2. The normalized spacial score (nSPS) is 11.3. The molecule has 1 amide bonds. The lowest BCUT2D eigenvalue weighted by Gasteiger charge is -2.26. The zero-order valence-electron chi connectivity index (χ0n) is 11.5. The molecule has 0 aliphatic carbocycles. The molecule has 6 heteroatoms. The summed E-state index contributed by atoms with van der Waals surface area (Å²) in [4.78, 5) is 23.0. The van der Waals surface area contributed by atoms with Crippen LogP contribution in [-0.4, -0.2) is 28.7 Å². The Balaban J connectivity index is 2.55. The highest BCUT2D eigenvalue weighted by atomic mass is 16.5. The highest BCUT2D eigenvalue weighted by molar-refractivity contribution is 5.80. The lowest BCUT2D eigenvalue weighted by molar-refractivity contribution is -0.149. The van der Waals surface area contributed by atoms with Crippen LogP contribution in [0.25, 0.3) is 0 Å². The maximum Gasteiger partial charge on any atom is 0.311 e. The van der Waals surface area contributed by atoms with Crippen molar-refractivity contribution in [2.45, 2.75) is 40.0 Å². The number of aromatic nitrogens is 1. The summed E-state index contributed by atoms with van der Waals surface area (Å²) >= 11 is 0. The Bertz CT molecular complexity index is 449. The number of aryl methyl sites for hydroxylation is 1. The first-order valence-corrected chi connectivity index (χ1v) is 6.36. The van der Waals surface area contributed by atoms with Crippen LogP contribution in [0.4, 0.5) is 0 Å². The molecule has 1 rings (SSSR count). The van der Waals surface area contributed by atoms with Gasteiger partial charge in [-0.1, -0.05) is 19.0 Å². The van der Waals surface area contributed by atoms with Crippen molar-refractivity contribution < 1.29 is 19.2 Å². The number of nitrogens with zero attached hydrogens (tertiary/aromatic N) is 1. The van der Waals surface area contributed by atoms with Crippen molar-refractivity contribution in [2.24, 2.45) is 5.41 Å². The molecule has 106 valence electrons. The number of carbonyl (C=O) groups is 2. The van der Waals surface area contributed by atoms with E-state index < -0.39 is 11.4 Å². The Labute approximate surface area is 112 Å². The van der Waals surface area contributed by atoms with Crippen molar-refractivity contribution in [3.05, 3.63) is 17.5 Å². The van der Waals surface area contributed by atoms with Crippen LogP contribution in [0.5, 0.6) is 0 Å². The van der Waals surface area contributed by atoms with Crippen LogP contribution in [0.3, 0.4) is 0 Å². The van der Waals surface area contributed by atoms with Crippen molar-refractivity contribution in [2.75, 3.05) is 6.54 Å². The van der Waals surface area contributed by atoms with Crippen LogP contribution in [0.1, 0.15) is 38.1 Å². The summed E-state index contributed by atoms with van der Waals surface area (Å²) in [5, 5.41) is 15.6. The molecule has 0 aliphatic rings. The third-order valence-corrected chi connectivity index (χ3v) is 3.45. The highest BCUT2D eigenvalue weighted by Gasteiger charge is 2.35. The Hall–Kier alpha value is -1.85. The molecule has 2 N–H and O–H groups in total. The van der Waals surface area contributed by atoms with Gasteiger partial charge in [0.05, 0.1) is 17.5 Å². The predicted octanol–water partition coefficient (Wildman–Crippen LogP) is 1.53. The minimum Gasteiger partial charge on any atom is -0.481 e. The van der Waals surface area contributed by atoms with Gasteiger partial charge >= 0.3 is 5.97 Å². The smallest absolute Gasteiger partial charge is 0.311 e. The van der Waals surface area contributed by atoms with E-state index in [-0.39, 0.29) is 18.9 Å². The van der Waals surface area contributed by atoms with E-state index in [0.717, 1.165) is 0 Å². The average Bonchev–Trinajstić information content (AvgIpc) is 2.76. The molecular weight excluding hydrogens is 248 g/mol. The molecule has 0 saturated heterocycles. The first-order chi connectivity index (χ1) is 8.93. The van der Waals surface area contributed by atoms with Gasteiger partial charge in [-0.05, 0) is 19.8 Å². The van der Waals surface area contributed by atoms with Crippen LogP contribution in [0.15, 0.2) is 10.6 Å². The summed E-state index contributed by atoms with van der Waals surface area (Å²) < 4.78 is 4.87. The molecule has 0 radical (unpaired) electrons. The first-order valence-electron chi connectivity index (χ1n) is 6.36. The van der Waals surface area contributed by atoms with Crippen molar-refractivity contribution in [3.63, 3.8) is 0 Å². The fraction of sp³-hybridized carbons (Fsp3) is 0.615. The Morgan fingerprint density at radius 1 is 1.42 bits per heavy atom. The number of carboxylic acids is 1. The summed E-state index contributed by atoms with van der Waals surface area (Å²) in [6, 6.07) is 1.68. The van der Waals surface area contributed by atoms with Gasteiger partial charge in [0.1, 0.15) is 5.76 Å². The second-order valence-corrected chi connectivity index (χ2v) is 4.67. The number of rotatable bonds is 7. The molecule has 0 spiro atoms. The van der Waals surface area contributed by atoms with E-state index in [1.54, 1.807) is 13.0 Å². The number of aliphatic carboxylic acids is 1. The van der Waals surface area contributed by atoms with Gasteiger partial charge in [-0.2, -0.15) is 0 Å². The number of nitrogens with one attached hydrogen (secondary N) is 1. The van der Waals surface area contributed by atoms with Gasteiger partial charge in [0.2, 0.25) is 5.91 Å². The van der Waals surface area contributed by atoms with Gasteiger partial charge < -0.3 is 14.9 Å². The van der Waals surface area contributed by atoms with Crippen LogP contribution in [0.2, 0.25) is 0 Å². The summed E-state index contributed by atoms with van der Waals surface area (Å²) in [5.74, 6) is -0.485. The maximum absolute atomic E-state index is 11.7. The molecule has 1 heterocycles. The molecule has 1 aromatic rings. The fourth-order valence-corrected chi connectivity index (χ4v) is 1.87. The Morgan fingerprint density at radius 2 is 2.05 bits per heavy atom. The molecule has 0 fully saturated rings. The minimum absolute atomic E-state index is 0.0977. The highest BCUT2D eigenvalue weighted by Crippen LogP contribution is 2.25. The summed E-state index contributed by atoms with van der Waals surface area (Å²) in [7, 11) is 0. The maximum atomic E-state index is 11.7. The SMILES string of the molecule is CCC(CC)(CNC(=O)Cc1cc(C)on1)C(=O)O. The number of carboxylic acid groups (broad SMARTS) is 1. The molecule has 19 heavy (non-hydrogen) atoms. The lowest BCUT2D eigenvalue weighted by atomic mass is 9.82. The van der Waals surface area contributed by atoms with E-state index in [4.69, 9.17) is 4.52 Å². The summed E-state index contributed by atoms with van der Waals surface area (Å²) in [6.45, 7) is 5.50. The average molecular weight is 268 g/mol. The zero-order chi connectivity index (χ0) is 14.5. The van der Waals surface area contributed by atoms with Gasteiger partial charge in [-0.15, -0.1) is 0 Å². The molecule has 0 unspecified atom stereocenters. The fourth-order valence-electron chi connectivity index (χ4n) is 1.87. The Morgan fingerprint density at radius 3 is 2.47 bits per heavy atom. The van der Waals surface area contributed by atoms with Crippen LogP contribution in [0, 0.1) is 12.3 Å².